The maximum Gasteiger partial charge on any atom is 0.358 e. The Balaban J connectivity index is 1.94. The molecule has 0 bridgehead atoms. The van der Waals surface area contributed by atoms with Crippen molar-refractivity contribution in [1.82, 2.24) is 9.97 Å². The van der Waals surface area contributed by atoms with Gasteiger partial charge in [-0.1, -0.05) is 11.3 Å². The quantitative estimate of drug-likeness (QED) is 0.649. The lowest BCUT2D eigenvalue weighted by molar-refractivity contribution is 0.0595. The summed E-state index contributed by atoms with van der Waals surface area (Å²) in [6, 6.07) is 7.22. The second-order valence-corrected chi connectivity index (χ2v) is 7.72. The van der Waals surface area contributed by atoms with Crippen LogP contribution in [0, 0.1) is 13.8 Å². The number of methoxy groups -OCH3 is 2. The Kier molecular flexibility index (Phi) is 5.52. The van der Waals surface area contributed by atoms with E-state index in [2.05, 4.69) is 15.3 Å². The highest BCUT2D eigenvalue weighted by Crippen LogP contribution is 2.35. The van der Waals surface area contributed by atoms with E-state index in [0.29, 0.717) is 26.3 Å². The minimum Gasteiger partial charge on any atom is -0.497 e. The molecule has 7 nitrogen and oxygen atoms in total. The number of carbonyl (C=O) groups is 2. The molecule has 140 valence electrons. The molecule has 1 N–H and O–H groups in total. The summed E-state index contributed by atoms with van der Waals surface area (Å²) in [5.74, 6) is -0.167. The van der Waals surface area contributed by atoms with E-state index in [4.69, 9.17) is 9.47 Å². The predicted molar refractivity (Wildman–Crippen MR) is 105 cm³/mol. The molecule has 0 saturated heterocycles. The van der Waals surface area contributed by atoms with Gasteiger partial charge in [0.25, 0.3) is 5.91 Å². The standard InChI is InChI=1S/C18H17N3O4S2/c1-9-14(26-10(2)19-9)16(22)21-18-20-13(17(23)25-4)15(27-18)11-5-7-12(24-3)8-6-11/h5-8H,1-4H3,(H,20,21,22). The van der Waals surface area contributed by atoms with Gasteiger partial charge < -0.3 is 9.47 Å². The average Bonchev–Trinajstić information content (AvgIpc) is 3.23. The number of esters is 1. The first kappa shape index (κ1) is 19.0. The summed E-state index contributed by atoms with van der Waals surface area (Å²) in [5, 5.41) is 3.88. The third-order valence-corrected chi connectivity index (χ3v) is 5.78. The highest BCUT2D eigenvalue weighted by molar-refractivity contribution is 7.19. The zero-order valence-electron chi connectivity index (χ0n) is 15.2. The third kappa shape index (κ3) is 3.99. The number of benzene rings is 1. The van der Waals surface area contributed by atoms with Crippen molar-refractivity contribution in [3.8, 4) is 16.2 Å². The average molecular weight is 403 g/mol. The number of nitrogens with one attached hydrogen (secondary N) is 1. The highest BCUT2D eigenvalue weighted by atomic mass is 32.1. The van der Waals surface area contributed by atoms with E-state index in [9.17, 15) is 9.59 Å². The Morgan fingerprint density at radius 3 is 2.30 bits per heavy atom. The molecule has 2 heterocycles. The summed E-state index contributed by atoms with van der Waals surface area (Å²) in [5.41, 5.74) is 1.59. The smallest absolute Gasteiger partial charge is 0.358 e. The molecule has 0 aliphatic heterocycles. The molecule has 0 spiro atoms. The minimum atomic E-state index is -0.567. The van der Waals surface area contributed by atoms with Crippen molar-refractivity contribution in [1.29, 1.82) is 0 Å². The van der Waals surface area contributed by atoms with Crippen molar-refractivity contribution in [2.75, 3.05) is 19.5 Å². The fourth-order valence-corrected chi connectivity index (χ4v) is 4.21. The lowest BCUT2D eigenvalue weighted by atomic mass is 10.1. The van der Waals surface area contributed by atoms with Crippen molar-refractivity contribution in [3.63, 3.8) is 0 Å². The number of anilines is 1. The number of aromatic nitrogens is 2. The van der Waals surface area contributed by atoms with Crippen LogP contribution in [0.4, 0.5) is 5.13 Å². The largest absolute Gasteiger partial charge is 0.497 e. The Hall–Kier alpha value is -2.78. The first-order valence-electron chi connectivity index (χ1n) is 7.92. The number of aryl methyl sites for hydroxylation is 2. The van der Waals surface area contributed by atoms with Crippen LogP contribution >= 0.6 is 22.7 Å². The van der Waals surface area contributed by atoms with Gasteiger partial charge in [0, 0.05) is 0 Å². The molecule has 0 unspecified atom stereocenters. The fraction of sp³-hybridized carbons (Fsp3) is 0.222. The first-order chi connectivity index (χ1) is 12.9. The van der Waals surface area contributed by atoms with Gasteiger partial charge in [-0.3, -0.25) is 10.1 Å². The van der Waals surface area contributed by atoms with E-state index in [1.54, 1.807) is 26.2 Å². The van der Waals surface area contributed by atoms with Gasteiger partial charge in [-0.2, -0.15) is 0 Å². The van der Waals surface area contributed by atoms with Crippen molar-refractivity contribution in [2.45, 2.75) is 13.8 Å². The normalized spacial score (nSPS) is 10.5. The predicted octanol–water partition coefficient (Wildman–Crippen LogP) is 3.93. The molecule has 0 aliphatic carbocycles. The zero-order valence-corrected chi connectivity index (χ0v) is 16.8. The Morgan fingerprint density at radius 2 is 1.74 bits per heavy atom. The van der Waals surface area contributed by atoms with Crippen molar-refractivity contribution >= 4 is 39.7 Å². The van der Waals surface area contributed by atoms with Gasteiger partial charge >= 0.3 is 5.97 Å². The number of hydrogen-bond donors (Lipinski definition) is 1. The first-order valence-corrected chi connectivity index (χ1v) is 9.55. The van der Waals surface area contributed by atoms with E-state index in [0.717, 1.165) is 10.6 Å². The maximum atomic E-state index is 12.5. The molecule has 0 aliphatic rings. The van der Waals surface area contributed by atoms with Crippen molar-refractivity contribution < 1.29 is 19.1 Å². The second kappa shape index (κ2) is 7.85. The number of hydrogen-bond acceptors (Lipinski definition) is 8. The lowest BCUT2D eigenvalue weighted by Crippen LogP contribution is -2.12. The van der Waals surface area contributed by atoms with E-state index in [1.807, 2.05) is 19.1 Å². The number of amides is 1. The summed E-state index contributed by atoms with van der Waals surface area (Å²) in [6.45, 7) is 3.62. The number of thiazole rings is 2. The molecule has 1 aromatic carbocycles. The van der Waals surface area contributed by atoms with E-state index >= 15 is 0 Å². The number of nitrogens with zero attached hydrogens (tertiary/aromatic N) is 2. The van der Waals surface area contributed by atoms with Crippen LogP contribution in [0.1, 0.15) is 30.9 Å². The van der Waals surface area contributed by atoms with Crippen LogP contribution in [0.5, 0.6) is 5.75 Å². The van der Waals surface area contributed by atoms with Gasteiger partial charge in [0.1, 0.15) is 10.6 Å². The molecule has 3 rings (SSSR count). The van der Waals surface area contributed by atoms with Crippen LogP contribution in [-0.4, -0.2) is 36.1 Å². The summed E-state index contributed by atoms with van der Waals surface area (Å²) >= 11 is 2.52. The summed E-state index contributed by atoms with van der Waals surface area (Å²) in [7, 11) is 2.87. The number of ether oxygens (including phenoxy) is 2. The molecule has 0 atom stereocenters. The van der Waals surface area contributed by atoms with Crippen LogP contribution in [0.2, 0.25) is 0 Å². The monoisotopic (exact) mass is 403 g/mol. The lowest BCUT2D eigenvalue weighted by Gasteiger charge is -2.03. The molecular formula is C18H17N3O4S2. The molecule has 3 aromatic rings. The van der Waals surface area contributed by atoms with Crippen molar-refractivity contribution in [2.24, 2.45) is 0 Å². The van der Waals surface area contributed by atoms with Crippen LogP contribution < -0.4 is 10.1 Å². The maximum absolute atomic E-state index is 12.5. The van der Waals surface area contributed by atoms with Gasteiger partial charge in [-0.25, -0.2) is 14.8 Å². The number of carbonyl (C=O) groups excluding carboxylic acids is 2. The molecule has 27 heavy (non-hydrogen) atoms. The molecule has 0 saturated carbocycles. The van der Waals surface area contributed by atoms with Crippen LogP contribution in [0.15, 0.2) is 24.3 Å². The van der Waals surface area contributed by atoms with Gasteiger partial charge in [-0.05, 0) is 43.7 Å². The topological polar surface area (TPSA) is 90.4 Å². The highest BCUT2D eigenvalue weighted by Gasteiger charge is 2.22. The van der Waals surface area contributed by atoms with Crippen molar-refractivity contribution in [3.05, 3.63) is 45.5 Å². The summed E-state index contributed by atoms with van der Waals surface area (Å²) in [6.07, 6.45) is 0. The number of rotatable bonds is 5. The van der Waals surface area contributed by atoms with Crippen LogP contribution in [0.3, 0.4) is 0 Å². The van der Waals surface area contributed by atoms with E-state index in [1.165, 1.54) is 29.8 Å². The Morgan fingerprint density at radius 1 is 1.04 bits per heavy atom. The zero-order chi connectivity index (χ0) is 19.6. The SMILES string of the molecule is COC(=O)c1nc(NC(=O)c2sc(C)nc2C)sc1-c1ccc(OC)cc1. The van der Waals surface area contributed by atoms with Gasteiger partial charge in [0.15, 0.2) is 10.8 Å². The Labute approximate surface area is 164 Å². The van der Waals surface area contributed by atoms with Crippen LogP contribution in [0.25, 0.3) is 10.4 Å². The fourth-order valence-electron chi connectivity index (χ4n) is 2.44. The van der Waals surface area contributed by atoms with Gasteiger partial charge in [0.05, 0.1) is 29.8 Å². The Bertz CT molecular complexity index is 993. The molecule has 0 fully saturated rings. The molecule has 2 aromatic heterocycles. The van der Waals surface area contributed by atoms with Gasteiger partial charge in [-0.15, -0.1) is 11.3 Å². The van der Waals surface area contributed by atoms with Crippen LogP contribution in [-0.2, 0) is 4.74 Å². The molecule has 1 amide bonds. The second-order valence-electron chi connectivity index (χ2n) is 5.52. The minimum absolute atomic E-state index is 0.153. The van der Waals surface area contributed by atoms with E-state index in [-0.39, 0.29) is 11.6 Å². The summed E-state index contributed by atoms with van der Waals surface area (Å²) in [4.78, 5) is 34.3. The van der Waals surface area contributed by atoms with Gasteiger partial charge in [0.2, 0.25) is 0 Å². The summed E-state index contributed by atoms with van der Waals surface area (Å²) < 4.78 is 9.99. The molecule has 9 heteroatoms. The van der Waals surface area contributed by atoms with E-state index < -0.39 is 5.97 Å². The molecular weight excluding hydrogens is 386 g/mol. The third-order valence-electron chi connectivity index (χ3n) is 3.69. The molecule has 0 radical (unpaired) electrons.